The van der Waals surface area contributed by atoms with Gasteiger partial charge in [0.2, 0.25) is 11.0 Å². The van der Waals surface area contributed by atoms with E-state index in [-0.39, 0.29) is 12.1 Å². The van der Waals surface area contributed by atoms with Crippen LogP contribution < -0.4 is 16.1 Å². The molecule has 8 nitrogen and oxygen atoms in total. The van der Waals surface area contributed by atoms with Gasteiger partial charge in [0, 0.05) is 23.5 Å². The van der Waals surface area contributed by atoms with Crippen molar-refractivity contribution in [3.63, 3.8) is 0 Å². The quantitative estimate of drug-likeness (QED) is 0.671. The van der Waals surface area contributed by atoms with Gasteiger partial charge in [0.25, 0.3) is 5.91 Å². The van der Waals surface area contributed by atoms with E-state index < -0.39 is 23.7 Å². The summed E-state index contributed by atoms with van der Waals surface area (Å²) < 4.78 is 17.4. The maximum atomic E-state index is 13.2. The van der Waals surface area contributed by atoms with Gasteiger partial charge in [0.05, 0.1) is 5.69 Å². The minimum Gasteiger partial charge on any atom is -0.368 e. The summed E-state index contributed by atoms with van der Waals surface area (Å²) in [7, 11) is 0. The molecule has 4 rings (SSSR count). The monoisotopic (exact) mass is 410 g/mol. The highest BCUT2D eigenvalue weighted by molar-refractivity contribution is 7.10. The Morgan fingerprint density at radius 2 is 1.86 bits per heavy atom. The number of carbonyl (C=O) groups excluding carboxylic acids is 2. The van der Waals surface area contributed by atoms with Crippen molar-refractivity contribution in [2.75, 3.05) is 10.3 Å². The molecule has 2 aromatic carbocycles. The summed E-state index contributed by atoms with van der Waals surface area (Å²) in [4.78, 5) is 28.7. The number of nitrogens with zero attached hydrogens (tertiary/aromatic N) is 4. The Balaban J connectivity index is 1.52. The topological polar surface area (TPSA) is 114 Å². The van der Waals surface area contributed by atoms with Crippen LogP contribution >= 0.6 is 11.5 Å². The van der Waals surface area contributed by atoms with Crippen LogP contribution in [0.2, 0.25) is 0 Å². The molecule has 1 unspecified atom stereocenters. The zero-order chi connectivity index (χ0) is 20.4. The lowest BCUT2D eigenvalue weighted by atomic mass is 10.1. The zero-order valence-electron chi connectivity index (χ0n) is 14.9. The number of hydrazone groups is 1. The number of hydrogen-bond donors (Lipinski definition) is 2. The third-order valence-corrected chi connectivity index (χ3v) is 4.90. The highest BCUT2D eigenvalue weighted by Crippen LogP contribution is 2.26. The summed E-state index contributed by atoms with van der Waals surface area (Å²) >= 11 is 1.04. The molecule has 146 valence electrons. The lowest BCUT2D eigenvalue weighted by Crippen LogP contribution is -2.39. The highest BCUT2D eigenvalue weighted by Gasteiger charge is 2.35. The smallest absolute Gasteiger partial charge is 0.273 e. The predicted octanol–water partition coefficient (Wildman–Crippen LogP) is 2.40. The molecule has 1 atom stereocenters. The number of rotatable bonds is 5. The Hall–Kier alpha value is -3.66. The van der Waals surface area contributed by atoms with Crippen molar-refractivity contribution in [2.24, 2.45) is 10.8 Å². The van der Waals surface area contributed by atoms with Gasteiger partial charge in [-0.2, -0.15) is 14.5 Å². The van der Waals surface area contributed by atoms with Gasteiger partial charge in [0.1, 0.15) is 17.6 Å². The molecule has 0 spiro atoms. The van der Waals surface area contributed by atoms with Crippen LogP contribution in [-0.2, 0) is 9.59 Å². The molecule has 1 aromatic heterocycles. The second-order valence-corrected chi connectivity index (χ2v) is 6.99. The standard InChI is InChI=1S/C19H15FN6O2S/c20-12-6-8-13(9-7-12)26-15(16(21)27)10-14(24-26)18(28)23-19-22-17(25-29-19)11-4-2-1-3-5-11/h1-9,15H,10H2,(H2,21,27)(H,22,23,25,28). The van der Waals surface area contributed by atoms with Crippen LogP contribution in [0.25, 0.3) is 11.4 Å². The molecule has 10 heteroatoms. The van der Waals surface area contributed by atoms with E-state index in [9.17, 15) is 14.0 Å². The number of anilines is 2. The fraction of sp³-hybridized carbons (Fsp3) is 0.105. The van der Waals surface area contributed by atoms with Crippen molar-refractivity contribution >= 4 is 39.9 Å². The molecular formula is C19H15FN6O2S. The van der Waals surface area contributed by atoms with Gasteiger partial charge in [-0.25, -0.2) is 4.39 Å². The van der Waals surface area contributed by atoms with Gasteiger partial charge in [-0.05, 0) is 24.3 Å². The predicted molar refractivity (Wildman–Crippen MR) is 108 cm³/mol. The summed E-state index contributed by atoms with van der Waals surface area (Å²) in [5.41, 5.74) is 6.87. The first-order valence-electron chi connectivity index (χ1n) is 8.63. The number of halogens is 1. The number of primary amides is 1. The first-order chi connectivity index (χ1) is 14.0. The summed E-state index contributed by atoms with van der Waals surface area (Å²) in [5, 5.41) is 8.51. The minimum absolute atomic E-state index is 0.0306. The van der Waals surface area contributed by atoms with Crippen molar-refractivity contribution in [3.05, 3.63) is 60.4 Å². The molecule has 3 aromatic rings. The Labute approximate surface area is 169 Å². The number of carbonyl (C=O) groups is 2. The average molecular weight is 410 g/mol. The summed E-state index contributed by atoms with van der Waals surface area (Å²) in [5.74, 6) is -1.06. The van der Waals surface area contributed by atoms with E-state index in [1.165, 1.54) is 29.3 Å². The molecule has 1 aliphatic rings. The SMILES string of the molecule is NC(=O)C1CC(C(=O)Nc2nc(-c3ccccc3)ns2)=NN1c1ccc(F)cc1. The van der Waals surface area contributed by atoms with E-state index in [1.54, 1.807) is 0 Å². The van der Waals surface area contributed by atoms with Crippen LogP contribution in [0.5, 0.6) is 0 Å². The number of benzene rings is 2. The van der Waals surface area contributed by atoms with Gasteiger partial charge < -0.3 is 5.73 Å². The normalized spacial score (nSPS) is 15.8. The lowest BCUT2D eigenvalue weighted by Gasteiger charge is -2.20. The Morgan fingerprint density at radius 1 is 1.14 bits per heavy atom. The van der Waals surface area contributed by atoms with Gasteiger partial charge in [0.15, 0.2) is 5.82 Å². The summed E-state index contributed by atoms with van der Waals surface area (Å²) in [6, 6.07) is 13.9. The third-order valence-electron chi connectivity index (χ3n) is 4.27. The molecule has 0 saturated carbocycles. The number of nitrogens with two attached hydrogens (primary N) is 1. The molecule has 0 radical (unpaired) electrons. The molecule has 0 saturated heterocycles. The first-order valence-corrected chi connectivity index (χ1v) is 9.40. The van der Waals surface area contributed by atoms with Gasteiger partial charge in [-0.15, -0.1) is 0 Å². The maximum Gasteiger partial charge on any atom is 0.273 e. The maximum absolute atomic E-state index is 13.2. The van der Waals surface area contributed by atoms with Crippen molar-refractivity contribution in [3.8, 4) is 11.4 Å². The zero-order valence-corrected chi connectivity index (χ0v) is 15.8. The largest absolute Gasteiger partial charge is 0.368 e. The van der Waals surface area contributed by atoms with Crippen molar-refractivity contribution in [1.29, 1.82) is 0 Å². The van der Waals surface area contributed by atoms with E-state index in [0.717, 1.165) is 17.1 Å². The van der Waals surface area contributed by atoms with Crippen LogP contribution in [0, 0.1) is 5.82 Å². The summed E-state index contributed by atoms with van der Waals surface area (Å²) in [6.45, 7) is 0. The van der Waals surface area contributed by atoms with E-state index in [0.29, 0.717) is 16.6 Å². The van der Waals surface area contributed by atoms with E-state index in [4.69, 9.17) is 5.73 Å². The number of amides is 2. The van der Waals surface area contributed by atoms with Gasteiger partial charge in [-0.3, -0.25) is 19.9 Å². The fourth-order valence-electron chi connectivity index (χ4n) is 2.85. The van der Waals surface area contributed by atoms with E-state index in [2.05, 4.69) is 19.8 Å². The molecule has 1 aliphatic heterocycles. The molecule has 0 aliphatic carbocycles. The Kier molecular flexibility index (Phi) is 5.00. The van der Waals surface area contributed by atoms with Crippen molar-refractivity contribution < 1.29 is 14.0 Å². The van der Waals surface area contributed by atoms with Crippen LogP contribution in [0.3, 0.4) is 0 Å². The van der Waals surface area contributed by atoms with Crippen LogP contribution in [0.15, 0.2) is 59.7 Å². The third kappa shape index (κ3) is 3.97. The van der Waals surface area contributed by atoms with Gasteiger partial charge in [-0.1, -0.05) is 30.3 Å². The van der Waals surface area contributed by atoms with Crippen molar-refractivity contribution in [2.45, 2.75) is 12.5 Å². The molecule has 2 amide bonds. The van der Waals surface area contributed by atoms with Crippen LogP contribution in [-0.4, -0.2) is 32.9 Å². The van der Waals surface area contributed by atoms with Crippen LogP contribution in [0.1, 0.15) is 6.42 Å². The number of aromatic nitrogens is 2. The highest BCUT2D eigenvalue weighted by atomic mass is 32.1. The second kappa shape index (κ2) is 7.76. The molecule has 3 N–H and O–H groups in total. The molecule has 0 bridgehead atoms. The Morgan fingerprint density at radius 3 is 2.55 bits per heavy atom. The van der Waals surface area contributed by atoms with Gasteiger partial charge >= 0.3 is 0 Å². The molecule has 29 heavy (non-hydrogen) atoms. The van der Waals surface area contributed by atoms with Crippen LogP contribution in [0.4, 0.5) is 15.2 Å². The summed E-state index contributed by atoms with van der Waals surface area (Å²) in [6.07, 6.45) is 0.0306. The average Bonchev–Trinajstić information content (AvgIpc) is 3.37. The Bertz CT molecular complexity index is 1080. The second-order valence-electron chi connectivity index (χ2n) is 6.23. The first kappa shape index (κ1) is 18.7. The molecule has 2 heterocycles. The fourth-order valence-corrected chi connectivity index (χ4v) is 3.43. The van der Waals surface area contributed by atoms with E-state index >= 15 is 0 Å². The molecule has 0 fully saturated rings. The number of nitrogens with one attached hydrogen (secondary N) is 1. The minimum atomic E-state index is -0.837. The van der Waals surface area contributed by atoms with Crippen molar-refractivity contribution in [1.82, 2.24) is 9.36 Å². The van der Waals surface area contributed by atoms with E-state index in [1.807, 2.05) is 30.3 Å². The lowest BCUT2D eigenvalue weighted by molar-refractivity contribution is -0.119. The molecular weight excluding hydrogens is 395 g/mol. The number of hydrogen-bond acceptors (Lipinski definition) is 7.